The molecular formula is C24H38FIN4O2. The minimum absolute atomic E-state index is 0. The van der Waals surface area contributed by atoms with Crippen LogP contribution in [0.5, 0.6) is 0 Å². The number of ether oxygens (including phenoxy) is 1. The standard InChI is InChI=1S/C24H37FN4O2.HI/c1-2-26-23(27-14-6-16-29-15-5-3-4-7-22(29)30)28-19-24(12-17-31-18-13-24)20-8-10-21(25)11-9-20;/h8-11H,2-7,12-19H2,1H3,(H2,26,27,28);1H. The van der Waals surface area contributed by atoms with Crippen LogP contribution in [0.2, 0.25) is 0 Å². The van der Waals surface area contributed by atoms with Crippen molar-refractivity contribution in [2.45, 2.75) is 57.3 Å². The number of benzene rings is 1. The van der Waals surface area contributed by atoms with E-state index in [-0.39, 0.29) is 35.2 Å². The smallest absolute Gasteiger partial charge is 0.222 e. The normalized spacial score (nSPS) is 19.1. The average molecular weight is 560 g/mol. The second-order valence-electron chi connectivity index (χ2n) is 8.57. The second kappa shape index (κ2) is 14.0. The molecule has 180 valence electrons. The van der Waals surface area contributed by atoms with Crippen LogP contribution >= 0.6 is 24.0 Å². The summed E-state index contributed by atoms with van der Waals surface area (Å²) in [7, 11) is 0. The predicted molar refractivity (Wildman–Crippen MR) is 137 cm³/mol. The molecule has 0 saturated carbocycles. The van der Waals surface area contributed by atoms with Crippen molar-refractivity contribution in [3.05, 3.63) is 35.6 Å². The number of hydrogen-bond acceptors (Lipinski definition) is 3. The van der Waals surface area contributed by atoms with E-state index in [2.05, 4.69) is 17.6 Å². The van der Waals surface area contributed by atoms with Gasteiger partial charge in [0.15, 0.2) is 5.96 Å². The van der Waals surface area contributed by atoms with Crippen LogP contribution in [-0.2, 0) is 14.9 Å². The summed E-state index contributed by atoms with van der Waals surface area (Å²) in [6.45, 7) is 7.30. The minimum atomic E-state index is -0.215. The molecule has 2 saturated heterocycles. The molecule has 2 heterocycles. The lowest BCUT2D eigenvalue weighted by Crippen LogP contribution is -2.42. The van der Waals surface area contributed by atoms with Gasteiger partial charge in [-0.25, -0.2) is 4.39 Å². The third-order valence-corrected chi connectivity index (χ3v) is 6.36. The van der Waals surface area contributed by atoms with Crippen molar-refractivity contribution in [2.75, 3.05) is 45.9 Å². The van der Waals surface area contributed by atoms with Gasteiger partial charge >= 0.3 is 0 Å². The number of aliphatic imine (C=N–C) groups is 1. The highest BCUT2D eigenvalue weighted by Gasteiger charge is 2.34. The summed E-state index contributed by atoms with van der Waals surface area (Å²) in [5.41, 5.74) is 0.990. The molecule has 0 aromatic heterocycles. The van der Waals surface area contributed by atoms with E-state index in [1.165, 1.54) is 12.1 Å². The summed E-state index contributed by atoms with van der Waals surface area (Å²) in [6.07, 6.45) is 6.61. The number of amides is 1. The summed E-state index contributed by atoms with van der Waals surface area (Å²) in [5.74, 6) is 0.865. The summed E-state index contributed by atoms with van der Waals surface area (Å²) >= 11 is 0. The molecule has 0 bridgehead atoms. The third-order valence-electron chi connectivity index (χ3n) is 6.36. The van der Waals surface area contributed by atoms with E-state index < -0.39 is 0 Å². The number of rotatable bonds is 8. The monoisotopic (exact) mass is 560 g/mol. The Balaban J connectivity index is 0.00000363. The first-order valence-electron chi connectivity index (χ1n) is 11.8. The van der Waals surface area contributed by atoms with Gasteiger partial charge in [-0.15, -0.1) is 24.0 Å². The van der Waals surface area contributed by atoms with Crippen molar-refractivity contribution < 1.29 is 13.9 Å². The van der Waals surface area contributed by atoms with Gasteiger partial charge in [-0.2, -0.15) is 0 Å². The van der Waals surface area contributed by atoms with Crippen LogP contribution in [0.4, 0.5) is 4.39 Å². The highest BCUT2D eigenvalue weighted by Crippen LogP contribution is 2.35. The van der Waals surface area contributed by atoms with E-state index in [9.17, 15) is 9.18 Å². The Morgan fingerprint density at radius 3 is 2.62 bits per heavy atom. The average Bonchev–Trinajstić information content (AvgIpc) is 3.00. The zero-order valence-electron chi connectivity index (χ0n) is 19.2. The van der Waals surface area contributed by atoms with E-state index in [1.54, 1.807) is 0 Å². The molecule has 1 aromatic rings. The molecule has 1 amide bonds. The number of hydrogen-bond donors (Lipinski definition) is 2. The number of halogens is 2. The van der Waals surface area contributed by atoms with E-state index in [4.69, 9.17) is 9.73 Å². The number of carbonyl (C=O) groups is 1. The lowest BCUT2D eigenvalue weighted by Gasteiger charge is -2.36. The van der Waals surface area contributed by atoms with Gasteiger partial charge in [0.25, 0.3) is 0 Å². The zero-order valence-corrected chi connectivity index (χ0v) is 21.5. The van der Waals surface area contributed by atoms with Gasteiger partial charge in [0.05, 0.1) is 6.54 Å². The predicted octanol–water partition coefficient (Wildman–Crippen LogP) is 3.84. The van der Waals surface area contributed by atoms with Crippen LogP contribution in [-0.4, -0.2) is 62.7 Å². The van der Waals surface area contributed by atoms with Crippen molar-refractivity contribution in [1.29, 1.82) is 0 Å². The Labute approximate surface area is 208 Å². The number of carbonyl (C=O) groups excluding carboxylic acids is 1. The fourth-order valence-corrected chi connectivity index (χ4v) is 4.43. The SMILES string of the molecule is CCNC(=NCC1(c2ccc(F)cc2)CCOCC1)NCCCN1CCCCCC1=O.I. The second-order valence-corrected chi connectivity index (χ2v) is 8.57. The topological polar surface area (TPSA) is 66.0 Å². The Kier molecular flexibility index (Phi) is 11.7. The molecule has 3 rings (SSSR count). The maximum Gasteiger partial charge on any atom is 0.222 e. The molecule has 2 aliphatic rings. The van der Waals surface area contributed by atoms with Crippen molar-refractivity contribution in [3.8, 4) is 0 Å². The van der Waals surface area contributed by atoms with Gasteiger partial charge in [-0.05, 0) is 56.7 Å². The highest BCUT2D eigenvalue weighted by atomic mass is 127. The molecule has 32 heavy (non-hydrogen) atoms. The van der Waals surface area contributed by atoms with Crippen LogP contribution in [0.1, 0.15) is 57.4 Å². The van der Waals surface area contributed by atoms with Gasteiger partial charge in [-0.3, -0.25) is 9.79 Å². The number of guanidine groups is 1. The molecule has 0 radical (unpaired) electrons. The molecule has 2 fully saturated rings. The van der Waals surface area contributed by atoms with Crippen LogP contribution in [0.15, 0.2) is 29.3 Å². The molecule has 2 N–H and O–H groups in total. The quantitative estimate of drug-likeness (QED) is 0.220. The van der Waals surface area contributed by atoms with Gasteiger partial charge in [0.2, 0.25) is 5.91 Å². The summed E-state index contributed by atoms with van der Waals surface area (Å²) in [4.78, 5) is 19.0. The van der Waals surface area contributed by atoms with Crippen molar-refractivity contribution in [2.24, 2.45) is 4.99 Å². The fraction of sp³-hybridized carbons (Fsp3) is 0.667. The maximum atomic E-state index is 13.5. The van der Waals surface area contributed by atoms with Gasteiger partial charge in [0, 0.05) is 51.2 Å². The van der Waals surface area contributed by atoms with E-state index in [1.807, 2.05) is 17.0 Å². The molecule has 0 aliphatic carbocycles. The van der Waals surface area contributed by atoms with Crippen LogP contribution in [0.25, 0.3) is 0 Å². The first-order valence-corrected chi connectivity index (χ1v) is 11.8. The molecular weight excluding hydrogens is 522 g/mol. The van der Waals surface area contributed by atoms with Gasteiger partial charge in [0.1, 0.15) is 5.82 Å². The fourth-order valence-electron chi connectivity index (χ4n) is 4.43. The highest BCUT2D eigenvalue weighted by molar-refractivity contribution is 14.0. The van der Waals surface area contributed by atoms with Crippen molar-refractivity contribution in [3.63, 3.8) is 0 Å². The van der Waals surface area contributed by atoms with Crippen molar-refractivity contribution in [1.82, 2.24) is 15.5 Å². The van der Waals surface area contributed by atoms with Crippen LogP contribution in [0.3, 0.4) is 0 Å². The summed E-state index contributed by atoms with van der Waals surface area (Å²) < 4.78 is 19.0. The van der Waals surface area contributed by atoms with Crippen molar-refractivity contribution >= 4 is 35.8 Å². The Morgan fingerprint density at radius 1 is 1.16 bits per heavy atom. The molecule has 0 spiro atoms. The van der Waals surface area contributed by atoms with E-state index >= 15 is 0 Å². The molecule has 2 aliphatic heterocycles. The lowest BCUT2D eigenvalue weighted by molar-refractivity contribution is -0.130. The number of nitrogens with zero attached hydrogens (tertiary/aromatic N) is 2. The van der Waals surface area contributed by atoms with Crippen LogP contribution < -0.4 is 10.6 Å². The molecule has 6 nitrogen and oxygen atoms in total. The maximum absolute atomic E-state index is 13.5. The Bertz CT molecular complexity index is 723. The molecule has 0 atom stereocenters. The molecule has 8 heteroatoms. The lowest BCUT2D eigenvalue weighted by atomic mass is 9.74. The van der Waals surface area contributed by atoms with E-state index in [0.29, 0.717) is 32.1 Å². The number of nitrogens with one attached hydrogen (secondary N) is 2. The number of likely N-dealkylation sites (tertiary alicyclic amines) is 1. The first kappa shape index (κ1) is 26.8. The molecule has 0 unspecified atom stereocenters. The van der Waals surface area contributed by atoms with E-state index in [0.717, 1.165) is 76.2 Å². The summed E-state index contributed by atoms with van der Waals surface area (Å²) in [5, 5.41) is 6.74. The minimum Gasteiger partial charge on any atom is -0.381 e. The van der Waals surface area contributed by atoms with Gasteiger partial charge in [-0.1, -0.05) is 18.6 Å². The Morgan fingerprint density at radius 2 is 1.91 bits per heavy atom. The summed E-state index contributed by atoms with van der Waals surface area (Å²) in [6, 6.07) is 6.83. The first-order chi connectivity index (χ1) is 15.1. The Hall–Kier alpha value is -1.42. The largest absolute Gasteiger partial charge is 0.381 e. The molecule has 1 aromatic carbocycles. The third kappa shape index (κ3) is 7.86. The van der Waals surface area contributed by atoms with Gasteiger partial charge < -0.3 is 20.3 Å². The zero-order chi connectivity index (χ0) is 21.9. The van der Waals surface area contributed by atoms with Crippen LogP contribution in [0, 0.1) is 5.82 Å².